The molecule has 1 aromatic rings. The van der Waals surface area contributed by atoms with E-state index in [1.54, 1.807) is 6.07 Å². The van der Waals surface area contributed by atoms with Crippen LogP contribution < -0.4 is 5.32 Å². The van der Waals surface area contributed by atoms with E-state index in [-0.39, 0.29) is 11.7 Å². The van der Waals surface area contributed by atoms with Crippen LogP contribution in [0.5, 0.6) is 0 Å². The Labute approximate surface area is 146 Å². The van der Waals surface area contributed by atoms with Gasteiger partial charge in [0.2, 0.25) is 0 Å². The van der Waals surface area contributed by atoms with Crippen molar-refractivity contribution in [2.75, 3.05) is 5.32 Å². The van der Waals surface area contributed by atoms with E-state index < -0.39 is 0 Å². The van der Waals surface area contributed by atoms with Crippen LogP contribution in [0, 0.1) is 5.82 Å². The third-order valence-corrected chi connectivity index (χ3v) is 4.66. The molecule has 0 spiro atoms. The number of benzene rings is 1. The molecule has 3 heteroatoms. The zero-order valence-corrected chi connectivity index (χ0v) is 14.1. The van der Waals surface area contributed by atoms with Crippen LogP contribution in [0.15, 0.2) is 54.6 Å². The first-order valence-electron chi connectivity index (χ1n) is 8.39. The molecular weight excluding hydrogens is 313 g/mol. The Hall–Kier alpha value is -2.94. The van der Waals surface area contributed by atoms with Crippen LogP contribution in [0.4, 0.5) is 10.1 Å². The van der Waals surface area contributed by atoms with Crippen LogP contribution in [-0.2, 0) is 4.79 Å². The van der Waals surface area contributed by atoms with Gasteiger partial charge in [0, 0.05) is 16.8 Å². The van der Waals surface area contributed by atoms with Crippen molar-refractivity contribution in [1.29, 1.82) is 0 Å². The predicted octanol–water partition coefficient (Wildman–Crippen LogP) is 5.55. The molecule has 2 nitrogen and oxygen atoms in total. The van der Waals surface area contributed by atoms with Crippen molar-refractivity contribution < 1.29 is 9.18 Å². The molecule has 0 bridgehead atoms. The molecule has 1 heterocycles. The second-order valence-electron chi connectivity index (χ2n) is 6.65. The van der Waals surface area contributed by atoms with E-state index in [1.165, 1.54) is 23.3 Å². The van der Waals surface area contributed by atoms with Crippen molar-refractivity contribution in [3.05, 3.63) is 77.1 Å². The number of anilines is 1. The number of carbonyl (C=O) groups excluding carboxylic acids is 1. The van der Waals surface area contributed by atoms with Crippen LogP contribution >= 0.6 is 0 Å². The molecule has 0 saturated carbocycles. The summed E-state index contributed by atoms with van der Waals surface area (Å²) in [6.07, 6.45) is 1.87. The molecule has 0 fully saturated rings. The minimum absolute atomic E-state index is 0.193. The fraction of sp³-hybridized carbons (Fsp3) is 0.136. The van der Waals surface area contributed by atoms with Crippen molar-refractivity contribution in [2.24, 2.45) is 0 Å². The summed E-state index contributed by atoms with van der Waals surface area (Å²) in [7, 11) is 0. The minimum Gasteiger partial charge on any atom is -0.321 e. The van der Waals surface area contributed by atoms with E-state index in [4.69, 9.17) is 0 Å². The molecule has 0 atom stereocenters. The van der Waals surface area contributed by atoms with Gasteiger partial charge >= 0.3 is 0 Å². The summed E-state index contributed by atoms with van der Waals surface area (Å²) in [5, 5.41) is 2.80. The van der Waals surface area contributed by atoms with Crippen LogP contribution in [0.2, 0.25) is 0 Å². The summed E-state index contributed by atoms with van der Waals surface area (Å²) >= 11 is 0. The van der Waals surface area contributed by atoms with Crippen molar-refractivity contribution in [1.82, 2.24) is 0 Å². The van der Waals surface area contributed by atoms with Gasteiger partial charge in [0.15, 0.2) is 0 Å². The van der Waals surface area contributed by atoms with Gasteiger partial charge in [-0.1, -0.05) is 50.2 Å². The lowest BCUT2D eigenvalue weighted by atomic mass is 10.00. The van der Waals surface area contributed by atoms with Crippen LogP contribution in [0.25, 0.3) is 22.8 Å². The summed E-state index contributed by atoms with van der Waals surface area (Å²) in [6.45, 7) is 4.32. The van der Waals surface area contributed by atoms with E-state index in [9.17, 15) is 9.18 Å². The highest BCUT2D eigenvalue weighted by Crippen LogP contribution is 2.40. The predicted molar refractivity (Wildman–Crippen MR) is 100 cm³/mol. The van der Waals surface area contributed by atoms with Crippen molar-refractivity contribution in [3.63, 3.8) is 0 Å². The SMILES string of the molecule is CC(C)c1cc(C=C2C(=O)Nc3ccc(F)cc32)c2cccccc1-2. The summed E-state index contributed by atoms with van der Waals surface area (Å²) in [5.74, 6) is -0.164. The maximum absolute atomic E-state index is 13.6. The average Bonchev–Trinajstić information content (AvgIpc) is 2.94. The van der Waals surface area contributed by atoms with Crippen LogP contribution in [0.1, 0.15) is 36.5 Å². The number of hydrogen-bond acceptors (Lipinski definition) is 1. The molecule has 124 valence electrons. The first-order valence-corrected chi connectivity index (χ1v) is 8.39. The maximum Gasteiger partial charge on any atom is 0.256 e. The van der Waals surface area contributed by atoms with Gasteiger partial charge in [0.1, 0.15) is 5.82 Å². The first-order chi connectivity index (χ1) is 12.0. The topological polar surface area (TPSA) is 29.1 Å². The quantitative estimate of drug-likeness (QED) is 0.613. The zero-order valence-electron chi connectivity index (χ0n) is 14.1. The molecule has 4 rings (SSSR count). The van der Waals surface area contributed by atoms with Gasteiger partial charge in [-0.05, 0) is 52.4 Å². The summed E-state index contributed by atoms with van der Waals surface area (Å²) in [4.78, 5) is 12.4. The number of amides is 1. The number of nitrogens with one attached hydrogen (secondary N) is 1. The fourth-order valence-corrected chi connectivity index (χ4v) is 3.43. The molecule has 0 unspecified atom stereocenters. The van der Waals surface area contributed by atoms with Crippen LogP contribution in [0.3, 0.4) is 0 Å². The molecule has 25 heavy (non-hydrogen) atoms. The van der Waals surface area contributed by atoms with E-state index in [1.807, 2.05) is 24.3 Å². The van der Waals surface area contributed by atoms with E-state index in [2.05, 4.69) is 37.4 Å². The Kier molecular flexibility index (Phi) is 3.65. The van der Waals surface area contributed by atoms with Crippen molar-refractivity contribution in [2.45, 2.75) is 19.8 Å². The second-order valence-corrected chi connectivity index (χ2v) is 6.65. The molecule has 1 amide bonds. The standard InChI is InChI=1S/C22H18FNO/c1-13(2)18-10-14(16-6-4-3-5-7-17(16)18)11-20-19-12-15(23)8-9-21(19)24-22(20)25/h3-13H,1-2H3,(H,24,25). The van der Waals surface area contributed by atoms with E-state index >= 15 is 0 Å². The summed E-state index contributed by atoms with van der Waals surface area (Å²) in [5.41, 5.74) is 6.29. The zero-order chi connectivity index (χ0) is 17.6. The molecule has 0 saturated heterocycles. The smallest absolute Gasteiger partial charge is 0.256 e. The molecule has 1 N–H and O–H groups in total. The highest BCUT2D eigenvalue weighted by Gasteiger charge is 2.25. The lowest BCUT2D eigenvalue weighted by Gasteiger charge is -2.04. The number of rotatable bonds is 2. The normalized spacial score (nSPS) is 15.0. The molecule has 0 radical (unpaired) electrons. The number of hydrogen-bond donors (Lipinski definition) is 1. The average molecular weight is 331 g/mol. The monoisotopic (exact) mass is 331 g/mol. The highest BCUT2D eigenvalue weighted by atomic mass is 19.1. The van der Waals surface area contributed by atoms with Gasteiger partial charge in [0.05, 0.1) is 0 Å². The molecule has 2 aliphatic carbocycles. The number of fused-ring (bicyclic) bond motifs is 2. The lowest BCUT2D eigenvalue weighted by Crippen LogP contribution is -2.03. The highest BCUT2D eigenvalue weighted by molar-refractivity contribution is 6.35. The van der Waals surface area contributed by atoms with Crippen molar-refractivity contribution >= 4 is 23.2 Å². The number of carbonyl (C=O) groups is 1. The summed E-state index contributed by atoms with van der Waals surface area (Å²) < 4.78 is 13.6. The van der Waals surface area contributed by atoms with Crippen LogP contribution in [-0.4, -0.2) is 5.91 Å². The van der Waals surface area contributed by atoms with Gasteiger partial charge in [-0.2, -0.15) is 0 Å². The van der Waals surface area contributed by atoms with Crippen molar-refractivity contribution in [3.8, 4) is 11.1 Å². The maximum atomic E-state index is 13.6. The fourth-order valence-electron chi connectivity index (χ4n) is 3.43. The second kappa shape index (κ2) is 5.85. The Morgan fingerprint density at radius 3 is 2.48 bits per heavy atom. The third kappa shape index (κ3) is 2.62. The minimum atomic E-state index is -0.345. The van der Waals surface area contributed by atoms with Gasteiger partial charge < -0.3 is 5.32 Å². The number of halogens is 1. The van der Waals surface area contributed by atoms with E-state index in [0.717, 1.165) is 11.1 Å². The molecule has 1 aliphatic heterocycles. The van der Waals surface area contributed by atoms with Gasteiger partial charge in [-0.15, -0.1) is 0 Å². The molecule has 3 aliphatic rings. The Morgan fingerprint density at radius 1 is 0.960 bits per heavy atom. The molecule has 0 aromatic heterocycles. The molecule has 1 aromatic carbocycles. The Bertz CT molecular complexity index is 987. The Balaban J connectivity index is 1.92. The van der Waals surface area contributed by atoms with Gasteiger partial charge in [-0.3, -0.25) is 4.79 Å². The van der Waals surface area contributed by atoms with E-state index in [0.29, 0.717) is 22.7 Å². The van der Waals surface area contributed by atoms with Gasteiger partial charge in [-0.25, -0.2) is 4.39 Å². The largest absolute Gasteiger partial charge is 0.321 e. The lowest BCUT2D eigenvalue weighted by molar-refractivity contribution is -0.110. The first kappa shape index (κ1) is 15.6. The van der Waals surface area contributed by atoms with Gasteiger partial charge in [0.25, 0.3) is 5.91 Å². The molecular formula is C22H18FNO. The third-order valence-electron chi connectivity index (χ3n) is 4.66. The Morgan fingerprint density at radius 2 is 1.72 bits per heavy atom. The summed E-state index contributed by atoms with van der Waals surface area (Å²) in [6, 6.07) is 16.7.